The summed E-state index contributed by atoms with van der Waals surface area (Å²) >= 11 is 1.48. The van der Waals surface area contributed by atoms with E-state index >= 15 is 0 Å². The van der Waals surface area contributed by atoms with Crippen molar-refractivity contribution in [2.24, 2.45) is 5.92 Å². The molecule has 0 spiro atoms. The fraction of sp³-hybridized carbons (Fsp3) is 0.478. The second-order valence-corrected chi connectivity index (χ2v) is 10.1. The molecular weight excluding hydrogens is 440 g/mol. The number of nitrogens with one attached hydrogen (secondary N) is 2. The Labute approximate surface area is 197 Å². The maximum absolute atomic E-state index is 10.7. The number of aromatic nitrogens is 4. The van der Waals surface area contributed by atoms with Crippen molar-refractivity contribution in [3.05, 3.63) is 40.8 Å². The average molecular weight is 471 g/mol. The summed E-state index contributed by atoms with van der Waals surface area (Å²) in [5, 5.41) is 40.8. The molecule has 0 bridgehead atoms. The third-order valence-electron chi connectivity index (χ3n) is 5.89. The first-order chi connectivity index (χ1) is 15.5. The summed E-state index contributed by atoms with van der Waals surface area (Å²) in [6.07, 6.45) is -0.0147. The molecule has 1 saturated carbocycles. The van der Waals surface area contributed by atoms with Crippen molar-refractivity contribution in [2.75, 3.05) is 10.6 Å². The van der Waals surface area contributed by atoms with Crippen molar-refractivity contribution in [3.63, 3.8) is 0 Å². The summed E-state index contributed by atoms with van der Waals surface area (Å²) < 4.78 is 0. The van der Waals surface area contributed by atoms with Gasteiger partial charge in [0.15, 0.2) is 0 Å². The summed E-state index contributed by atoms with van der Waals surface area (Å²) in [6.45, 7) is 9.05. The Morgan fingerprint density at radius 1 is 1.00 bits per heavy atom. The predicted octanol–water partition coefficient (Wildman–Crippen LogP) is 2.96. The summed E-state index contributed by atoms with van der Waals surface area (Å²) in [5.41, 5.74) is 3.06. The van der Waals surface area contributed by atoms with E-state index < -0.39 is 29.8 Å². The molecule has 1 aliphatic carbocycles. The predicted molar refractivity (Wildman–Crippen MR) is 129 cm³/mol. The van der Waals surface area contributed by atoms with Crippen molar-refractivity contribution in [3.8, 4) is 10.6 Å². The molecule has 4 rings (SSSR count). The Morgan fingerprint density at radius 2 is 1.70 bits per heavy atom. The van der Waals surface area contributed by atoms with Gasteiger partial charge in [-0.3, -0.25) is 4.98 Å². The van der Waals surface area contributed by atoms with Gasteiger partial charge in [-0.2, -0.15) is 4.98 Å². The molecule has 33 heavy (non-hydrogen) atoms. The van der Waals surface area contributed by atoms with E-state index in [-0.39, 0.29) is 0 Å². The average Bonchev–Trinajstić information content (AvgIpc) is 3.26. The minimum atomic E-state index is -1.12. The van der Waals surface area contributed by atoms with E-state index in [0.29, 0.717) is 23.8 Å². The van der Waals surface area contributed by atoms with Gasteiger partial charge in [0.05, 0.1) is 23.3 Å². The minimum Gasteiger partial charge on any atom is -0.390 e. The molecule has 0 amide bonds. The summed E-state index contributed by atoms with van der Waals surface area (Å²) in [6, 6.07) is 3.32. The van der Waals surface area contributed by atoms with E-state index in [1.807, 2.05) is 38.3 Å². The van der Waals surface area contributed by atoms with Crippen molar-refractivity contribution in [1.82, 2.24) is 19.9 Å². The first-order valence-corrected chi connectivity index (χ1v) is 11.8. The van der Waals surface area contributed by atoms with E-state index in [2.05, 4.69) is 30.6 Å². The van der Waals surface area contributed by atoms with Crippen LogP contribution in [0.2, 0.25) is 0 Å². The molecule has 4 unspecified atom stereocenters. The number of hydrogen-bond donors (Lipinski definition) is 5. The fourth-order valence-electron chi connectivity index (χ4n) is 4.28. The molecule has 3 aromatic heterocycles. The van der Waals surface area contributed by atoms with Crippen molar-refractivity contribution < 1.29 is 15.3 Å². The normalized spacial score (nSPS) is 23.0. The van der Waals surface area contributed by atoms with E-state index in [0.717, 1.165) is 27.8 Å². The summed E-state index contributed by atoms with van der Waals surface area (Å²) in [4.78, 5) is 18.1. The van der Waals surface area contributed by atoms with Crippen molar-refractivity contribution >= 4 is 28.8 Å². The first kappa shape index (κ1) is 23.5. The lowest BCUT2D eigenvalue weighted by atomic mass is 9.88. The Morgan fingerprint density at radius 3 is 2.27 bits per heavy atom. The van der Waals surface area contributed by atoms with Crippen LogP contribution in [0.5, 0.6) is 0 Å². The maximum atomic E-state index is 10.7. The van der Waals surface area contributed by atoms with E-state index in [4.69, 9.17) is 0 Å². The first-order valence-electron chi connectivity index (χ1n) is 10.9. The Kier molecular flexibility index (Phi) is 6.37. The standard InChI is InChI=1S/C23H30N6O3S/c1-11-6-14(7-12(2)25-11)27-22-24-9-15(21-26-13(3)10-33-21)20(29-22)28-17-8-16(23(4,5)32)18(30)19(17)31/h6-7,9-10,16-19,30-32H,8H2,1-5H3,(H2,24,25,27,28,29). The highest BCUT2D eigenvalue weighted by Crippen LogP contribution is 2.38. The van der Waals surface area contributed by atoms with Gasteiger partial charge in [0, 0.05) is 40.3 Å². The minimum absolute atomic E-state index is 0.381. The Hall–Kier alpha value is -2.66. The molecule has 5 N–H and O–H groups in total. The van der Waals surface area contributed by atoms with Gasteiger partial charge < -0.3 is 26.0 Å². The molecule has 0 radical (unpaired) electrons. The van der Waals surface area contributed by atoms with Gasteiger partial charge in [0.1, 0.15) is 16.9 Å². The van der Waals surface area contributed by atoms with Crippen molar-refractivity contribution in [1.29, 1.82) is 0 Å². The highest BCUT2D eigenvalue weighted by molar-refractivity contribution is 7.13. The molecule has 3 heterocycles. The lowest BCUT2D eigenvalue weighted by Crippen LogP contribution is -2.40. The number of rotatable bonds is 6. The molecule has 0 saturated heterocycles. The second kappa shape index (κ2) is 8.94. The van der Waals surface area contributed by atoms with Crippen LogP contribution in [-0.2, 0) is 0 Å². The molecule has 3 aromatic rings. The number of aliphatic hydroxyl groups excluding tert-OH is 2. The molecule has 10 heteroatoms. The van der Waals surface area contributed by atoms with Gasteiger partial charge in [0.25, 0.3) is 0 Å². The van der Waals surface area contributed by atoms with E-state index in [1.165, 1.54) is 11.3 Å². The molecule has 1 fully saturated rings. The molecule has 9 nitrogen and oxygen atoms in total. The Bertz CT molecular complexity index is 1130. The quantitative estimate of drug-likeness (QED) is 0.368. The van der Waals surface area contributed by atoms with Crippen LogP contribution >= 0.6 is 11.3 Å². The van der Waals surface area contributed by atoms with Crippen LogP contribution in [0.1, 0.15) is 37.4 Å². The number of nitrogens with zero attached hydrogens (tertiary/aromatic N) is 4. The lowest BCUT2D eigenvalue weighted by molar-refractivity contribution is -0.0601. The number of anilines is 3. The van der Waals surface area contributed by atoms with Gasteiger partial charge in [0.2, 0.25) is 5.95 Å². The zero-order chi connectivity index (χ0) is 23.9. The Balaban J connectivity index is 1.67. The van der Waals surface area contributed by atoms with Crippen LogP contribution < -0.4 is 10.6 Å². The zero-order valence-corrected chi connectivity index (χ0v) is 20.2. The topological polar surface area (TPSA) is 136 Å². The van der Waals surface area contributed by atoms with Gasteiger partial charge in [-0.1, -0.05) is 0 Å². The van der Waals surface area contributed by atoms with Crippen molar-refractivity contribution in [2.45, 2.75) is 64.9 Å². The molecule has 1 aliphatic rings. The van der Waals surface area contributed by atoms with Crippen LogP contribution in [0.25, 0.3) is 10.6 Å². The van der Waals surface area contributed by atoms with Crippen LogP contribution in [-0.4, -0.2) is 59.1 Å². The van der Waals surface area contributed by atoms with Crippen LogP contribution in [0, 0.1) is 26.7 Å². The molecular formula is C23H30N6O3S. The van der Waals surface area contributed by atoms with Gasteiger partial charge in [-0.15, -0.1) is 11.3 Å². The number of hydrogen-bond acceptors (Lipinski definition) is 10. The van der Waals surface area contributed by atoms with Crippen LogP contribution in [0.15, 0.2) is 23.7 Å². The lowest BCUT2D eigenvalue weighted by Gasteiger charge is -2.28. The number of thiazole rings is 1. The second-order valence-electron chi connectivity index (χ2n) is 9.24. The largest absolute Gasteiger partial charge is 0.390 e. The van der Waals surface area contributed by atoms with Gasteiger partial charge >= 0.3 is 0 Å². The highest BCUT2D eigenvalue weighted by atomic mass is 32.1. The smallest absolute Gasteiger partial charge is 0.229 e. The monoisotopic (exact) mass is 470 g/mol. The van der Waals surface area contributed by atoms with E-state index in [9.17, 15) is 15.3 Å². The third kappa shape index (κ3) is 5.14. The van der Waals surface area contributed by atoms with Gasteiger partial charge in [-0.25, -0.2) is 9.97 Å². The summed E-state index contributed by atoms with van der Waals surface area (Å²) in [5.74, 6) is 0.404. The number of pyridine rings is 1. The highest BCUT2D eigenvalue weighted by Gasteiger charge is 2.47. The zero-order valence-electron chi connectivity index (χ0n) is 19.4. The molecule has 176 valence electrons. The SMILES string of the molecule is Cc1cc(Nc2ncc(-c3nc(C)cs3)c(NC3CC(C(C)(C)O)C(O)C3O)n2)cc(C)n1. The third-order valence-corrected chi connectivity index (χ3v) is 6.88. The van der Waals surface area contributed by atoms with Crippen LogP contribution in [0.3, 0.4) is 0 Å². The molecule has 4 atom stereocenters. The fourth-order valence-corrected chi connectivity index (χ4v) is 5.08. The molecule has 0 aromatic carbocycles. The number of aryl methyl sites for hydroxylation is 3. The van der Waals surface area contributed by atoms with Gasteiger partial charge in [-0.05, 0) is 53.2 Å². The summed E-state index contributed by atoms with van der Waals surface area (Å²) in [7, 11) is 0. The maximum Gasteiger partial charge on any atom is 0.229 e. The van der Waals surface area contributed by atoms with Crippen LogP contribution in [0.4, 0.5) is 17.5 Å². The van der Waals surface area contributed by atoms with E-state index in [1.54, 1.807) is 20.0 Å². The molecule has 0 aliphatic heterocycles. The number of aliphatic hydroxyl groups is 3.